The Labute approximate surface area is 407 Å². The first-order valence-corrected chi connectivity index (χ1v) is 23.5. The maximum atomic E-state index is 13.8. The number of nitrogens with one attached hydrogen (secondary N) is 3. The van der Waals surface area contributed by atoms with Crippen molar-refractivity contribution in [1.29, 1.82) is 0 Å². The van der Waals surface area contributed by atoms with Gasteiger partial charge < -0.3 is 38.4 Å². The van der Waals surface area contributed by atoms with E-state index in [2.05, 4.69) is 24.4 Å². The fourth-order valence-corrected chi connectivity index (χ4v) is 11.9. The van der Waals surface area contributed by atoms with E-state index in [-0.39, 0.29) is 41.2 Å². The van der Waals surface area contributed by atoms with Crippen LogP contribution in [0.2, 0.25) is 0 Å². The van der Waals surface area contributed by atoms with E-state index < -0.39 is 29.7 Å². The van der Waals surface area contributed by atoms with E-state index in [1.165, 1.54) is 13.8 Å². The van der Waals surface area contributed by atoms with Crippen LogP contribution < -0.4 is 14.8 Å². The van der Waals surface area contributed by atoms with Crippen molar-refractivity contribution in [2.45, 2.75) is 51.0 Å². The second kappa shape index (κ2) is 15.5. The number of methoxy groups -OCH3 is 2. The van der Waals surface area contributed by atoms with Gasteiger partial charge in [0.05, 0.1) is 87.8 Å². The summed E-state index contributed by atoms with van der Waals surface area (Å²) in [6, 6.07) is 26.5. The fourth-order valence-electron chi connectivity index (χ4n) is 11.9. The number of benzene rings is 6. The van der Waals surface area contributed by atoms with Gasteiger partial charge in [-0.05, 0) is 54.6 Å². The predicted molar refractivity (Wildman–Crippen MR) is 271 cm³/mol. The summed E-state index contributed by atoms with van der Waals surface area (Å²) < 4.78 is 20.8. The molecule has 10 aromatic rings. The van der Waals surface area contributed by atoms with E-state index in [1.807, 2.05) is 103 Å². The molecule has 0 bridgehead atoms. The number of hydrogen-bond acceptors (Lipinski definition) is 10. The van der Waals surface area contributed by atoms with Gasteiger partial charge in [-0.2, -0.15) is 0 Å². The number of aromatic amines is 2. The Kier molecular flexibility index (Phi) is 9.26. The normalized spacial score (nSPS) is 19.3. The molecule has 4 atom stereocenters. The third-order valence-corrected chi connectivity index (χ3v) is 14.7. The van der Waals surface area contributed by atoms with Crippen molar-refractivity contribution in [2.75, 3.05) is 14.2 Å². The van der Waals surface area contributed by atoms with Crippen LogP contribution in [-0.4, -0.2) is 91.0 Å². The van der Waals surface area contributed by atoms with Crippen molar-refractivity contribution >= 4 is 123 Å². The molecule has 16 nitrogen and oxygen atoms in total. The number of esters is 1. The smallest absolute Gasteiger partial charge is 0.303 e. The van der Waals surface area contributed by atoms with Crippen LogP contribution in [0.4, 0.5) is 0 Å². The van der Waals surface area contributed by atoms with Crippen LogP contribution in [-0.2, 0) is 14.3 Å². The minimum Gasteiger partial charge on any atom is -0.497 e. The Morgan fingerprint density at radius 3 is 1.58 bits per heavy atom. The molecule has 4 N–H and O–H groups in total. The number of nitrogens with zero attached hydrogens (tertiary/aromatic N) is 3. The van der Waals surface area contributed by atoms with Crippen molar-refractivity contribution in [2.24, 2.45) is 0 Å². The van der Waals surface area contributed by atoms with E-state index in [1.54, 1.807) is 20.3 Å². The van der Waals surface area contributed by atoms with E-state index in [4.69, 9.17) is 14.2 Å². The molecule has 6 heterocycles. The molecule has 2 aliphatic heterocycles. The Morgan fingerprint density at radius 2 is 1.07 bits per heavy atom. The molecule has 0 saturated carbocycles. The molecular weight excluding hydrogens is 917 g/mol. The Balaban J connectivity index is 0.000000142. The second-order valence-electron chi connectivity index (χ2n) is 18.6. The van der Waals surface area contributed by atoms with Gasteiger partial charge in [-0.3, -0.25) is 34.1 Å². The molecule has 16 heteroatoms. The van der Waals surface area contributed by atoms with Gasteiger partial charge in [-0.25, -0.2) is 4.90 Å². The number of allylic oxidation sites excluding steroid dienone is 2. The van der Waals surface area contributed by atoms with Crippen LogP contribution in [0.5, 0.6) is 11.5 Å². The van der Waals surface area contributed by atoms with Crippen molar-refractivity contribution in [3.05, 3.63) is 131 Å². The number of para-hydroxylation sites is 2. The summed E-state index contributed by atoms with van der Waals surface area (Å²) >= 11 is 0. The zero-order valence-corrected chi connectivity index (χ0v) is 39.1. The molecule has 0 saturated heterocycles. The fraction of sp³-hybridized carbons (Fsp3) is 0.179. The highest BCUT2D eigenvalue weighted by molar-refractivity contribution is 6.42. The molecule has 2 unspecified atom stereocenters. The topological polar surface area (TPSA) is 207 Å². The number of carbonyl (C=O) groups excluding carboxylic acids is 6. The molecule has 14 rings (SSSR count). The van der Waals surface area contributed by atoms with Gasteiger partial charge >= 0.3 is 5.97 Å². The third-order valence-electron chi connectivity index (χ3n) is 14.7. The van der Waals surface area contributed by atoms with Crippen LogP contribution in [0.15, 0.2) is 109 Å². The summed E-state index contributed by atoms with van der Waals surface area (Å²) in [6.45, 7) is 2.60. The maximum absolute atomic E-state index is 13.8. The Morgan fingerprint density at radius 1 is 0.583 bits per heavy atom. The van der Waals surface area contributed by atoms with Gasteiger partial charge in [0, 0.05) is 80.8 Å². The number of amides is 5. The van der Waals surface area contributed by atoms with Gasteiger partial charge in [-0.15, -0.1) is 0 Å². The van der Waals surface area contributed by atoms with E-state index in [9.17, 15) is 33.9 Å². The first-order valence-electron chi connectivity index (χ1n) is 23.5. The molecular formula is C56H42N6O10. The van der Waals surface area contributed by atoms with E-state index in [0.717, 1.165) is 75.8 Å². The van der Waals surface area contributed by atoms with Crippen molar-refractivity contribution in [3.63, 3.8) is 0 Å². The average molecular weight is 959 g/mol. The highest BCUT2D eigenvalue weighted by Gasteiger charge is 2.44. The molecule has 0 spiro atoms. The quantitative estimate of drug-likeness (QED) is 0.0731. The average Bonchev–Trinajstić information content (AvgIpc) is 4.26. The molecule has 2 aliphatic carbocycles. The van der Waals surface area contributed by atoms with Crippen LogP contribution in [0.1, 0.15) is 80.2 Å². The van der Waals surface area contributed by atoms with Gasteiger partial charge in [0.25, 0.3) is 23.6 Å². The second-order valence-corrected chi connectivity index (χ2v) is 18.6. The Bertz CT molecular complexity index is 4240. The van der Waals surface area contributed by atoms with Crippen molar-refractivity contribution in [1.82, 2.24) is 29.3 Å². The molecule has 5 amide bonds. The number of aliphatic hydroxyl groups excluding tert-OH is 1. The van der Waals surface area contributed by atoms with Gasteiger partial charge in [0.2, 0.25) is 5.91 Å². The summed E-state index contributed by atoms with van der Waals surface area (Å²) in [7, 11) is 3.17. The zero-order chi connectivity index (χ0) is 49.6. The first kappa shape index (κ1) is 43.0. The summed E-state index contributed by atoms with van der Waals surface area (Å²) in [5, 5.41) is 18.6. The number of ether oxygens (including phenoxy) is 3. The SMILES string of the molecule is COc1ccc2c(c1)c1c3c(c4c5ccccc5[nH]c4c1n2C1C=C[C@@H](O)C1)C(=O)NC3=O.COc1ccc2c(c1)c1c3c(c4c5ccccc5[nH]c4c1n2C1C=C[C@@H](OC(C)=O)C1)C(=O)N(C(C)=O)C3=O. The highest BCUT2D eigenvalue weighted by Crippen LogP contribution is 2.49. The zero-order valence-electron chi connectivity index (χ0n) is 39.1. The molecule has 356 valence electrons. The molecule has 4 aromatic heterocycles. The maximum Gasteiger partial charge on any atom is 0.303 e. The minimum absolute atomic E-state index is 0.0961. The molecule has 72 heavy (non-hydrogen) atoms. The van der Waals surface area contributed by atoms with Gasteiger partial charge in [0.1, 0.15) is 17.6 Å². The number of aliphatic hydroxyl groups is 1. The summed E-state index contributed by atoms with van der Waals surface area (Å²) in [5.41, 5.74) is 7.73. The van der Waals surface area contributed by atoms with Crippen molar-refractivity contribution in [3.8, 4) is 11.5 Å². The standard InChI is InChI=1S/C30H23N3O6.C26H19N3O4/c1-14(34)32-29(36)25-23-19-6-4-5-7-21(19)31-27(23)28-24(26(25)30(32)37)20-13-17(38-3)10-11-22(20)33(28)16-8-9-18(12-16)39-15(2)35;1-33-14-8-9-18-16(11-14)20-22-21(25(31)28-26(22)32)19-15-4-2-3-5-17(15)27-23(19)24(20)29(18)12-6-7-13(30)10-12/h4-11,13,16,18,31H,12H2,1-3H3;2-9,11-13,27,30H,10H2,1H3,(H,28,31,32)/t16?,18-;12?,13-/m11/s1. The molecule has 6 aromatic carbocycles. The van der Waals surface area contributed by atoms with Gasteiger partial charge in [-0.1, -0.05) is 54.6 Å². The van der Waals surface area contributed by atoms with Crippen LogP contribution in [0, 0.1) is 0 Å². The summed E-state index contributed by atoms with van der Waals surface area (Å²) in [4.78, 5) is 85.6. The molecule has 4 aliphatic rings. The number of fused-ring (bicyclic) bond motifs is 20. The molecule has 0 fully saturated rings. The lowest BCUT2D eigenvalue weighted by Gasteiger charge is -2.17. The van der Waals surface area contributed by atoms with Crippen molar-refractivity contribution < 1.29 is 48.1 Å². The number of H-pyrrole nitrogens is 2. The Hall–Kier alpha value is -9.02. The largest absolute Gasteiger partial charge is 0.497 e. The minimum atomic E-state index is -0.638. The monoisotopic (exact) mass is 958 g/mol. The van der Waals surface area contributed by atoms with E-state index in [0.29, 0.717) is 51.8 Å². The molecule has 0 radical (unpaired) electrons. The summed E-state index contributed by atoms with van der Waals surface area (Å²) in [6.07, 6.45) is 7.80. The number of hydrogen-bond donors (Lipinski definition) is 4. The lowest BCUT2D eigenvalue weighted by atomic mass is 9.96. The number of imide groups is 4. The summed E-state index contributed by atoms with van der Waals surface area (Å²) in [5.74, 6) is -1.78. The lowest BCUT2D eigenvalue weighted by Crippen LogP contribution is -2.34. The number of aromatic nitrogens is 4. The predicted octanol–water partition coefficient (Wildman–Crippen LogP) is 9.20. The van der Waals surface area contributed by atoms with E-state index >= 15 is 0 Å². The van der Waals surface area contributed by atoms with Gasteiger partial charge in [0.15, 0.2) is 0 Å². The van der Waals surface area contributed by atoms with Crippen LogP contribution in [0.25, 0.3) is 87.2 Å². The first-order chi connectivity index (χ1) is 34.9. The highest BCUT2D eigenvalue weighted by atomic mass is 16.5. The van der Waals surface area contributed by atoms with Crippen LogP contribution >= 0.6 is 0 Å². The number of rotatable bonds is 5. The number of carbonyl (C=O) groups is 6. The lowest BCUT2D eigenvalue weighted by molar-refractivity contribution is -0.144. The third kappa shape index (κ3) is 5.89. The van der Waals surface area contributed by atoms with Crippen LogP contribution in [0.3, 0.4) is 0 Å².